The van der Waals surface area contributed by atoms with Gasteiger partial charge in [0.1, 0.15) is 0 Å². The van der Waals surface area contributed by atoms with E-state index >= 15 is 0 Å². The zero-order valence-electron chi connectivity index (χ0n) is 7.86. The number of thiophene rings is 1. The Morgan fingerprint density at radius 1 is 1.50 bits per heavy atom. The van der Waals surface area contributed by atoms with Gasteiger partial charge in [-0.05, 0) is 30.0 Å². The molecule has 2 aromatic heterocycles. The molecular formula is C10H12N2OS. The minimum Gasteiger partial charge on any atom is -0.472 e. The van der Waals surface area contributed by atoms with Crippen molar-refractivity contribution in [3.05, 3.63) is 46.0 Å². The summed E-state index contributed by atoms with van der Waals surface area (Å²) in [6.07, 6.45) is 3.37. The molecule has 2 rings (SSSR count). The SMILES string of the molecule is Cc1ccsc1C(NN)c1ccoc1. The van der Waals surface area contributed by atoms with Crippen LogP contribution in [0.2, 0.25) is 0 Å². The van der Waals surface area contributed by atoms with Crippen LogP contribution in [0.25, 0.3) is 0 Å². The van der Waals surface area contributed by atoms with Gasteiger partial charge in [0.15, 0.2) is 0 Å². The molecular weight excluding hydrogens is 196 g/mol. The van der Waals surface area contributed by atoms with Crippen LogP contribution in [-0.4, -0.2) is 0 Å². The largest absolute Gasteiger partial charge is 0.472 e. The van der Waals surface area contributed by atoms with Gasteiger partial charge in [0.05, 0.1) is 18.6 Å². The van der Waals surface area contributed by atoms with Crippen LogP contribution in [0.15, 0.2) is 34.5 Å². The van der Waals surface area contributed by atoms with Gasteiger partial charge in [-0.25, -0.2) is 5.43 Å². The van der Waals surface area contributed by atoms with Gasteiger partial charge in [0, 0.05) is 10.4 Å². The Bertz CT molecular complexity index is 394. The highest BCUT2D eigenvalue weighted by atomic mass is 32.1. The number of nitrogens with two attached hydrogens (primary N) is 1. The lowest BCUT2D eigenvalue weighted by atomic mass is 10.1. The molecule has 1 unspecified atom stereocenters. The third-order valence-electron chi connectivity index (χ3n) is 2.21. The molecule has 0 saturated heterocycles. The molecule has 3 nitrogen and oxygen atoms in total. The maximum atomic E-state index is 5.54. The molecule has 2 aromatic rings. The standard InChI is InChI=1S/C10H12N2OS/c1-7-3-5-14-10(7)9(12-11)8-2-4-13-6-8/h2-6,9,12H,11H2,1H3. The number of nitrogens with one attached hydrogen (secondary N) is 1. The summed E-state index contributed by atoms with van der Waals surface area (Å²) in [5.74, 6) is 5.54. The molecule has 3 N–H and O–H groups in total. The number of hydrogen-bond acceptors (Lipinski definition) is 4. The lowest BCUT2D eigenvalue weighted by Crippen LogP contribution is -2.28. The Balaban J connectivity index is 2.36. The van der Waals surface area contributed by atoms with E-state index in [-0.39, 0.29) is 6.04 Å². The van der Waals surface area contributed by atoms with Gasteiger partial charge in [0.25, 0.3) is 0 Å². The second kappa shape index (κ2) is 3.96. The van der Waals surface area contributed by atoms with E-state index in [1.165, 1.54) is 10.4 Å². The van der Waals surface area contributed by atoms with E-state index in [9.17, 15) is 0 Å². The third-order valence-corrected chi connectivity index (χ3v) is 3.29. The third kappa shape index (κ3) is 1.59. The van der Waals surface area contributed by atoms with Gasteiger partial charge in [-0.3, -0.25) is 5.84 Å². The average molecular weight is 208 g/mol. The Hall–Kier alpha value is -1.10. The van der Waals surface area contributed by atoms with E-state index in [1.807, 2.05) is 6.07 Å². The number of hydrazine groups is 1. The van der Waals surface area contributed by atoms with Crippen LogP contribution in [0, 0.1) is 6.92 Å². The van der Waals surface area contributed by atoms with E-state index in [2.05, 4.69) is 23.8 Å². The Labute approximate surface area is 86.5 Å². The number of rotatable bonds is 3. The minimum atomic E-state index is 0.0359. The van der Waals surface area contributed by atoms with Gasteiger partial charge >= 0.3 is 0 Å². The fourth-order valence-electron chi connectivity index (χ4n) is 1.44. The van der Waals surface area contributed by atoms with Crippen molar-refractivity contribution in [2.45, 2.75) is 13.0 Å². The second-order valence-corrected chi connectivity index (χ2v) is 4.07. The van der Waals surface area contributed by atoms with Crippen LogP contribution < -0.4 is 11.3 Å². The second-order valence-electron chi connectivity index (χ2n) is 3.12. The topological polar surface area (TPSA) is 51.2 Å². The molecule has 14 heavy (non-hydrogen) atoms. The molecule has 0 amide bonds. The van der Waals surface area contributed by atoms with Gasteiger partial charge in [-0.2, -0.15) is 0 Å². The van der Waals surface area contributed by atoms with Crippen molar-refractivity contribution in [1.82, 2.24) is 5.43 Å². The van der Waals surface area contributed by atoms with Crippen LogP contribution in [0.4, 0.5) is 0 Å². The summed E-state index contributed by atoms with van der Waals surface area (Å²) >= 11 is 1.70. The molecule has 2 heterocycles. The summed E-state index contributed by atoms with van der Waals surface area (Å²) in [5, 5.41) is 2.06. The molecule has 0 bridgehead atoms. The molecule has 0 aliphatic heterocycles. The van der Waals surface area contributed by atoms with Gasteiger partial charge in [0.2, 0.25) is 0 Å². The maximum Gasteiger partial charge on any atom is 0.0954 e. The van der Waals surface area contributed by atoms with E-state index in [1.54, 1.807) is 23.9 Å². The van der Waals surface area contributed by atoms with Crippen LogP contribution in [0.5, 0.6) is 0 Å². The molecule has 0 saturated carbocycles. The van der Waals surface area contributed by atoms with E-state index in [0.29, 0.717) is 0 Å². The lowest BCUT2D eigenvalue weighted by molar-refractivity contribution is 0.554. The molecule has 0 spiro atoms. The Kier molecular flexibility index (Phi) is 2.67. The van der Waals surface area contributed by atoms with Crippen LogP contribution in [0.1, 0.15) is 22.0 Å². The normalized spacial score (nSPS) is 13.0. The highest BCUT2D eigenvalue weighted by Crippen LogP contribution is 2.28. The fourth-order valence-corrected chi connectivity index (χ4v) is 2.46. The summed E-state index contributed by atoms with van der Waals surface area (Å²) in [6.45, 7) is 2.08. The number of aryl methyl sites for hydroxylation is 1. The predicted molar refractivity (Wildman–Crippen MR) is 56.9 cm³/mol. The monoisotopic (exact) mass is 208 g/mol. The van der Waals surface area contributed by atoms with Gasteiger partial charge < -0.3 is 4.42 Å². The van der Waals surface area contributed by atoms with Crippen molar-refractivity contribution in [1.29, 1.82) is 0 Å². The summed E-state index contributed by atoms with van der Waals surface area (Å²) in [4.78, 5) is 1.23. The summed E-state index contributed by atoms with van der Waals surface area (Å²) in [6, 6.07) is 4.04. The lowest BCUT2D eigenvalue weighted by Gasteiger charge is -2.13. The predicted octanol–water partition coefficient (Wildman–Crippen LogP) is 2.20. The van der Waals surface area contributed by atoms with Crippen molar-refractivity contribution >= 4 is 11.3 Å². The first-order chi connectivity index (χ1) is 6.83. The van der Waals surface area contributed by atoms with Gasteiger partial charge in [-0.1, -0.05) is 0 Å². The average Bonchev–Trinajstić information content (AvgIpc) is 2.80. The molecule has 0 aliphatic carbocycles. The van der Waals surface area contributed by atoms with Crippen LogP contribution >= 0.6 is 11.3 Å². The first-order valence-electron chi connectivity index (χ1n) is 4.35. The molecule has 1 atom stereocenters. The van der Waals surface area contributed by atoms with Crippen molar-refractivity contribution < 1.29 is 4.42 Å². The van der Waals surface area contributed by atoms with E-state index < -0.39 is 0 Å². The zero-order chi connectivity index (χ0) is 9.97. The summed E-state index contributed by atoms with van der Waals surface area (Å²) in [7, 11) is 0. The summed E-state index contributed by atoms with van der Waals surface area (Å²) in [5.41, 5.74) is 5.10. The van der Waals surface area contributed by atoms with Crippen molar-refractivity contribution in [2.75, 3.05) is 0 Å². The number of furan rings is 1. The molecule has 74 valence electrons. The minimum absolute atomic E-state index is 0.0359. The molecule has 0 radical (unpaired) electrons. The Morgan fingerprint density at radius 3 is 2.86 bits per heavy atom. The highest BCUT2D eigenvalue weighted by Gasteiger charge is 2.16. The maximum absolute atomic E-state index is 5.54. The molecule has 0 aliphatic rings. The van der Waals surface area contributed by atoms with E-state index in [4.69, 9.17) is 10.3 Å². The fraction of sp³-hybridized carbons (Fsp3) is 0.200. The smallest absolute Gasteiger partial charge is 0.0954 e. The summed E-state index contributed by atoms with van der Waals surface area (Å²) < 4.78 is 5.04. The van der Waals surface area contributed by atoms with Crippen molar-refractivity contribution in [2.24, 2.45) is 5.84 Å². The zero-order valence-corrected chi connectivity index (χ0v) is 8.67. The van der Waals surface area contributed by atoms with Crippen molar-refractivity contribution in [3.63, 3.8) is 0 Å². The Morgan fingerprint density at radius 2 is 2.36 bits per heavy atom. The van der Waals surface area contributed by atoms with Crippen LogP contribution in [-0.2, 0) is 0 Å². The van der Waals surface area contributed by atoms with Crippen LogP contribution in [0.3, 0.4) is 0 Å². The first kappa shape index (κ1) is 9.45. The first-order valence-corrected chi connectivity index (χ1v) is 5.23. The highest BCUT2D eigenvalue weighted by molar-refractivity contribution is 7.10. The van der Waals surface area contributed by atoms with E-state index in [0.717, 1.165) is 5.56 Å². The van der Waals surface area contributed by atoms with Crippen molar-refractivity contribution in [3.8, 4) is 0 Å². The van der Waals surface area contributed by atoms with Gasteiger partial charge in [-0.15, -0.1) is 11.3 Å². The molecule has 0 fully saturated rings. The quantitative estimate of drug-likeness (QED) is 0.600. The molecule has 4 heteroatoms. The number of hydrogen-bond donors (Lipinski definition) is 2. The molecule has 0 aromatic carbocycles.